The highest BCUT2D eigenvalue weighted by Crippen LogP contribution is 2.21. The van der Waals surface area contributed by atoms with Crippen molar-refractivity contribution < 1.29 is 17.9 Å². The third-order valence-electron chi connectivity index (χ3n) is 5.38. The SMILES string of the molecule is COc1cccc(CNC(=O)C(Cc2ccccc2)NS(=O)(=O)c2cccc3cccnc23)c1. The molecule has 1 atom stereocenters. The topological polar surface area (TPSA) is 97.4 Å². The number of amides is 1. The van der Waals surface area contributed by atoms with Crippen molar-refractivity contribution in [2.75, 3.05) is 7.11 Å². The van der Waals surface area contributed by atoms with Crippen LogP contribution in [-0.4, -0.2) is 32.5 Å². The number of methoxy groups -OCH3 is 1. The second-order valence-electron chi connectivity index (χ2n) is 7.76. The first kappa shape index (κ1) is 23.4. The van der Waals surface area contributed by atoms with E-state index < -0.39 is 22.0 Å². The van der Waals surface area contributed by atoms with E-state index in [1.54, 1.807) is 37.6 Å². The van der Waals surface area contributed by atoms with E-state index in [1.807, 2.05) is 54.6 Å². The number of carbonyl (C=O) groups excluding carboxylic acids is 1. The molecule has 0 aliphatic carbocycles. The third kappa shape index (κ3) is 5.59. The van der Waals surface area contributed by atoms with E-state index in [0.717, 1.165) is 11.1 Å². The quantitative estimate of drug-likeness (QED) is 0.387. The fraction of sp³-hybridized carbons (Fsp3) is 0.154. The lowest BCUT2D eigenvalue weighted by Gasteiger charge is -2.19. The van der Waals surface area contributed by atoms with Crippen LogP contribution >= 0.6 is 0 Å². The van der Waals surface area contributed by atoms with Gasteiger partial charge in [0, 0.05) is 18.1 Å². The maximum absolute atomic E-state index is 13.4. The van der Waals surface area contributed by atoms with E-state index >= 15 is 0 Å². The van der Waals surface area contributed by atoms with Crippen molar-refractivity contribution in [1.82, 2.24) is 15.0 Å². The molecular formula is C26H25N3O4S. The molecule has 1 heterocycles. The number of nitrogens with zero attached hydrogens (tertiary/aromatic N) is 1. The minimum absolute atomic E-state index is 0.0317. The minimum Gasteiger partial charge on any atom is -0.497 e. The third-order valence-corrected chi connectivity index (χ3v) is 6.89. The van der Waals surface area contributed by atoms with Gasteiger partial charge >= 0.3 is 0 Å². The first-order valence-corrected chi connectivity index (χ1v) is 12.3. The maximum atomic E-state index is 13.4. The van der Waals surface area contributed by atoms with Crippen LogP contribution in [0.4, 0.5) is 0 Å². The lowest BCUT2D eigenvalue weighted by atomic mass is 10.1. The predicted molar refractivity (Wildman–Crippen MR) is 131 cm³/mol. The molecule has 4 aromatic rings. The molecule has 2 N–H and O–H groups in total. The van der Waals surface area contributed by atoms with Crippen molar-refractivity contribution in [1.29, 1.82) is 0 Å². The average molecular weight is 476 g/mol. The smallest absolute Gasteiger partial charge is 0.243 e. The first-order valence-electron chi connectivity index (χ1n) is 10.8. The molecule has 0 aliphatic heterocycles. The molecule has 4 rings (SSSR count). The summed E-state index contributed by atoms with van der Waals surface area (Å²) in [5.41, 5.74) is 2.03. The molecule has 174 valence electrons. The molecule has 0 fully saturated rings. The normalized spacial score (nSPS) is 12.3. The van der Waals surface area contributed by atoms with E-state index in [9.17, 15) is 13.2 Å². The van der Waals surface area contributed by atoms with Gasteiger partial charge in [0.05, 0.1) is 12.6 Å². The number of aromatic nitrogens is 1. The van der Waals surface area contributed by atoms with Crippen LogP contribution in [0.25, 0.3) is 10.9 Å². The number of benzene rings is 3. The Morgan fingerprint density at radius 1 is 0.941 bits per heavy atom. The average Bonchev–Trinajstić information content (AvgIpc) is 2.87. The minimum atomic E-state index is -4.04. The summed E-state index contributed by atoms with van der Waals surface area (Å²) in [6, 6.07) is 24.1. The lowest BCUT2D eigenvalue weighted by molar-refractivity contribution is -0.122. The molecule has 0 radical (unpaired) electrons. The van der Waals surface area contributed by atoms with Gasteiger partial charge in [0.15, 0.2) is 0 Å². The van der Waals surface area contributed by atoms with Crippen LogP contribution in [0.15, 0.2) is 96.0 Å². The number of nitrogens with one attached hydrogen (secondary N) is 2. The predicted octanol–water partition coefficient (Wildman–Crippen LogP) is 3.45. The Bertz CT molecular complexity index is 1390. The first-order chi connectivity index (χ1) is 16.5. The highest BCUT2D eigenvalue weighted by atomic mass is 32.2. The number of carbonyl (C=O) groups is 1. The van der Waals surface area contributed by atoms with Gasteiger partial charge in [-0.25, -0.2) is 8.42 Å². The van der Waals surface area contributed by atoms with E-state index in [0.29, 0.717) is 16.7 Å². The molecule has 0 spiro atoms. The number of sulfonamides is 1. The Morgan fingerprint density at radius 3 is 2.47 bits per heavy atom. The van der Waals surface area contributed by atoms with Crippen molar-refractivity contribution >= 4 is 26.8 Å². The summed E-state index contributed by atoms with van der Waals surface area (Å²) in [4.78, 5) is 17.4. The molecule has 7 nitrogen and oxygen atoms in total. The van der Waals surface area contributed by atoms with Gasteiger partial charge in [-0.05, 0) is 41.8 Å². The molecule has 1 aromatic heterocycles. The van der Waals surface area contributed by atoms with Crippen LogP contribution in [0.1, 0.15) is 11.1 Å². The number of hydrogen-bond acceptors (Lipinski definition) is 5. The summed E-state index contributed by atoms with van der Waals surface area (Å²) in [5, 5.41) is 3.55. The van der Waals surface area contributed by atoms with Gasteiger partial charge in [0.1, 0.15) is 16.7 Å². The molecule has 3 aromatic carbocycles. The van der Waals surface area contributed by atoms with Crippen molar-refractivity contribution in [2.24, 2.45) is 0 Å². The number of fused-ring (bicyclic) bond motifs is 1. The van der Waals surface area contributed by atoms with Gasteiger partial charge in [-0.3, -0.25) is 9.78 Å². The Labute approximate surface area is 198 Å². The van der Waals surface area contributed by atoms with E-state index in [1.165, 1.54) is 6.07 Å². The largest absolute Gasteiger partial charge is 0.497 e. The van der Waals surface area contributed by atoms with Gasteiger partial charge in [-0.15, -0.1) is 0 Å². The summed E-state index contributed by atoms with van der Waals surface area (Å²) >= 11 is 0. The molecular weight excluding hydrogens is 450 g/mol. The Morgan fingerprint density at radius 2 is 1.68 bits per heavy atom. The van der Waals surface area contributed by atoms with Crippen LogP contribution < -0.4 is 14.8 Å². The fourth-order valence-corrected chi connectivity index (χ4v) is 5.05. The van der Waals surface area contributed by atoms with Crippen molar-refractivity contribution in [3.8, 4) is 5.75 Å². The summed E-state index contributed by atoms with van der Waals surface area (Å²) in [5.74, 6) is 0.250. The van der Waals surface area contributed by atoms with Crippen LogP contribution in [0.5, 0.6) is 5.75 Å². The zero-order valence-corrected chi connectivity index (χ0v) is 19.5. The summed E-state index contributed by atoms with van der Waals surface area (Å²) in [6.07, 6.45) is 1.74. The van der Waals surface area contributed by atoms with E-state index in [2.05, 4.69) is 15.0 Å². The van der Waals surface area contributed by atoms with Crippen LogP contribution in [0, 0.1) is 0 Å². The molecule has 0 saturated heterocycles. The Balaban J connectivity index is 1.59. The summed E-state index contributed by atoms with van der Waals surface area (Å²) in [6.45, 7) is 0.235. The standard InChI is InChI=1S/C26H25N3O4S/c1-33-22-13-5-10-20(16-22)18-28-26(30)23(17-19-8-3-2-4-9-19)29-34(31,32)24-14-6-11-21-12-7-15-27-25(21)24/h2-16,23,29H,17-18H2,1H3,(H,28,30). The van der Waals surface area contributed by atoms with Gasteiger partial charge < -0.3 is 10.1 Å². The highest BCUT2D eigenvalue weighted by Gasteiger charge is 2.27. The van der Waals surface area contributed by atoms with Crippen molar-refractivity contribution in [3.05, 3.63) is 102 Å². The Kier molecular flexibility index (Phi) is 7.20. The van der Waals surface area contributed by atoms with Crippen LogP contribution in [0.2, 0.25) is 0 Å². The number of ether oxygens (including phenoxy) is 1. The van der Waals surface area contributed by atoms with Crippen LogP contribution in [-0.2, 0) is 27.8 Å². The van der Waals surface area contributed by atoms with Gasteiger partial charge in [-0.2, -0.15) is 4.72 Å². The second kappa shape index (κ2) is 10.5. The lowest BCUT2D eigenvalue weighted by Crippen LogP contribution is -2.47. The van der Waals surface area contributed by atoms with Gasteiger partial charge in [0.2, 0.25) is 15.9 Å². The van der Waals surface area contributed by atoms with Gasteiger partial charge in [-0.1, -0.05) is 60.7 Å². The number of para-hydroxylation sites is 1. The molecule has 8 heteroatoms. The zero-order chi connectivity index (χ0) is 24.0. The summed E-state index contributed by atoms with van der Waals surface area (Å²) < 4.78 is 34.6. The zero-order valence-electron chi connectivity index (χ0n) is 18.6. The number of hydrogen-bond donors (Lipinski definition) is 2. The molecule has 1 unspecified atom stereocenters. The molecule has 1 amide bonds. The van der Waals surface area contributed by atoms with E-state index in [4.69, 9.17) is 4.74 Å². The molecule has 0 aliphatic rings. The molecule has 0 saturated carbocycles. The van der Waals surface area contributed by atoms with E-state index in [-0.39, 0.29) is 17.9 Å². The fourth-order valence-electron chi connectivity index (χ4n) is 3.68. The number of rotatable bonds is 9. The highest BCUT2D eigenvalue weighted by molar-refractivity contribution is 7.89. The number of pyridine rings is 1. The molecule has 0 bridgehead atoms. The van der Waals surface area contributed by atoms with Crippen molar-refractivity contribution in [3.63, 3.8) is 0 Å². The molecule has 34 heavy (non-hydrogen) atoms. The van der Waals surface area contributed by atoms with Crippen LogP contribution in [0.3, 0.4) is 0 Å². The second-order valence-corrected chi connectivity index (χ2v) is 9.45. The maximum Gasteiger partial charge on any atom is 0.243 e. The summed E-state index contributed by atoms with van der Waals surface area (Å²) in [7, 11) is -2.46. The van der Waals surface area contributed by atoms with Gasteiger partial charge in [0.25, 0.3) is 0 Å². The van der Waals surface area contributed by atoms with Crippen molar-refractivity contribution in [2.45, 2.75) is 23.9 Å². The monoisotopic (exact) mass is 475 g/mol. The Hall–Kier alpha value is -3.75.